The molecular weight excluding hydrogens is 494 g/mol. The minimum absolute atomic E-state index is 0.112. The molecule has 10 nitrogen and oxygen atoms in total. The molecule has 2 aliphatic heterocycles. The number of aromatic nitrogens is 2. The van der Waals surface area contributed by atoms with Gasteiger partial charge in [0.05, 0.1) is 6.42 Å². The van der Waals surface area contributed by atoms with Crippen LogP contribution in [-0.4, -0.2) is 50.0 Å². The number of ether oxygens (including phenoxy) is 1. The van der Waals surface area contributed by atoms with Crippen LogP contribution in [0.4, 0.5) is 6.01 Å². The normalized spacial score (nSPS) is 18.7. The number of allylic oxidation sites excluding steroid dienone is 1. The van der Waals surface area contributed by atoms with Gasteiger partial charge in [0.25, 0.3) is 5.91 Å². The maximum absolute atomic E-state index is 13.6. The number of amides is 2. The summed E-state index contributed by atoms with van der Waals surface area (Å²) < 4.78 is 10.7. The van der Waals surface area contributed by atoms with Gasteiger partial charge in [0.2, 0.25) is 5.91 Å². The highest BCUT2D eigenvalue weighted by Gasteiger charge is 2.54. The first-order valence-electron chi connectivity index (χ1n) is 11.4. The highest BCUT2D eigenvalue weighted by Crippen LogP contribution is 2.41. The molecule has 5 rings (SSSR count). The van der Waals surface area contributed by atoms with Gasteiger partial charge in [-0.05, 0) is 16.7 Å². The molecule has 3 aromatic rings. The molecule has 0 saturated carbocycles. The Labute approximate surface area is 216 Å². The second-order valence-electron chi connectivity index (χ2n) is 8.37. The first-order valence-corrected chi connectivity index (χ1v) is 12.5. The average molecular weight is 518 g/mol. The summed E-state index contributed by atoms with van der Waals surface area (Å²) in [4.78, 5) is 44.4. The Hall–Kier alpha value is -4.38. The maximum atomic E-state index is 13.6. The molecule has 3 heterocycles. The Balaban J connectivity index is 1.35. The van der Waals surface area contributed by atoms with E-state index >= 15 is 0 Å². The van der Waals surface area contributed by atoms with Gasteiger partial charge in [-0.25, -0.2) is 4.79 Å². The molecule has 0 radical (unpaired) electrons. The van der Waals surface area contributed by atoms with Crippen LogP contribution in [0.1, 0.15) is 23.1 Å². The van der Waals surface area contributed by atoms with Gasteiger partial charge in [0.15, 0.2) is 11.9 Å². The lowest BCUT2D eigenvalue weighted by molar-refractivity contribution is -0.154. The minimum Gasteiger partial charge on any atom is -0.448 e. The van der Waals surface area contributed by atoms with Crippen molar-refractivity contribution in [2.24, 2.45) is 0 Å². The number of hydrogen-bond donors (Lipinski definition) is 2. The van der Waals surface area contributed by atoms with E-state index in [1.807, 2.05) is 60.7 Å². The van der Waals surface area contributed by atoms with Gasteiger partial charge >= 0.3 is 12.0 Å². The lowest BCUT2D eigenvalue weighted by atomic mass is 10.0. The van der Waals surface area contributed by atoms with E-state index in [2.05, 4.69) is 26.6 Å². The number of carbonyl (C=O) groups excluding carboxylic acids is 3. The van der Waals surface area contributed by atoms with Crippen LogP contribution in [0.3, 0.4) is 0 Å². The molecule has 2 aromatic carbocycles. The fraction of sp³-hybridized carbons (Fsp3) is 0.192. The summed E-state index contributed by atoms with van der Waals surface area (Å²) >= 11 is 1.43. The summed E-state index contributed by atoms with van der Waals surface area (Å²) in [6, 6.07) is 17.8. The number of nitrogen functional groups attached to an aromatic ring is 1. The van der Waals surface area contributed by atoms with Gasteiger partial charge < -0.3 is 20.3 Å². The molecule has 3 N–H and O–H groups in total. The number of nitrogens with zero attached hydrogens (tertiary/aromatic N) is 3. The molecule has 37 heavy (non-hydrogen) atoms. The average Bonchev–Trinajstić information content (AvgIpc) is 3.34. The van der Waals surface area contributed by atoms with Gasteiger partial charge in [-0.1, -0.05) is 78.5 Å². The highest BCUT2D eigenvalue weighted by molar-refractivity contribution is 8.00. The van der Waals surface area contributed by atoms with Gasteiger partial charge in [-0.2, -0.15) is 4.98 Å². The van der Waals surface area contributed by atoms with Gasteiger partial charge in [0.1, 0.15) is 17.1 Å². The number of fused-ring (bicyclic) bond motifs is 1. The van der Waals surface area contributed by atoms with Gasteiger partial charge in [-0.15, -0.1) is 11.8 Å². The molecule has 1 unspecified atom stereocenters. The minimum atomic E-state index is -0.810. The molecular formula is C26H23N5O5S. The van der Waals surface area contributed by atoms with E-state index in [9.17, 15) is 14.4 Å². The van der Waals surface area contributed by atoms with Crippen LogP contribution < -0.4 is 11.1 Å². The van der Waals surface area contributed by atoms with Gasteiger partial charge in [-0.3, -0.25) is 14.5 Å². The topological polar surface area (TPSA) is 141 Å². The summed E-state index contributed by atoms with van der Waals surface area (Å²) in [6.07, 6.45) is 0.691. The van der Waals surface area contributed by atoms with E-state index in [1.165, 1.54) is 16.7 Å². The number of thioether (sulfide) groups is 1. The molecule has 11 heteroatoms. The Kier molecular flexibility index (Phi) is 6.78. The Morgan fingerprint density at radius 1 is 1.19 bits per heavy atom. The number of rotatable bonds is 8. The maximum Gasteiger partial charge on any atom is 0.356 e. The van der Waals surface area contributed by atoms with Crippen molar-refractivity contribution >= 4 is 35.6 Å². The van der Waals surface area contributed by atoms with Crippen molar-refractivity contribution in [3.63, 3.8) is 0 Å². The highest BCUT2D eigenvalue weighted by atomic mass is 32.2. The molecule has 1 fully saturated rings. The van der Waals surface area contributed by atoms with Crippen molar-refractivity contribution < 1.29 is 23.6 Å². The van der Waals surface area contributed by atoms with Crippen molar-refractivity contribution in [3.05, 3.63) is 102 Å². The number of nitrogens with two attached hydrogens (primary N) is 1. The zero-order valence-electron chi connectivity index (χ0n) is 19.6. The third kappa shape index (κ3) is 4.85. The van der Waals surface area contributed by atoms with Crippen molar-refractivity contribution in [1.82, 2.24) is 20.4 Å². The SMILES string of the molecule is C=CC1=C(C(=O)OC(c2ccccc2)c2ccccc2)N2C(=O)C(NC(=O)Cc3noc(N)n3)[C@H]2SC1. The van der Waals surface area contributed by atoms with Crippen molar-refractivity contribution in [3.8, 4) is 0 Å². The molecule has 0 bridgehead atoms. The lowest BCUT2D eigenvalue weighted by Gasteiger charge is -2.49. The van der Waals surface area contributed by atoms with Gasteiger partial charge in [0, 0.05) is 5.75 Å². The number of anilines is 1. The Morgan fingerprint density at radius 2 is 1.84 bits per heavy atom. The lowest BCUT2D eigenvalue weighted by Crippen LogP contribution is -2.70. The summed E-state index contributed by atoms with van der Waals surface area (Å²) in [6.45, 7) is 3.82. The number of hydrogen-bond acceptors (Lipinski definition) is 9. The first-order chi connectivity index (χ1) is 18.0. The van der Waals surface area contributed by atoms with Crippen LogP contribution in [0.2, 0.25) is 0 Å². The molecule has 2 amide bonds. The van der Waals surface area contributed by atoms with E-state index in [0.717, 1.165) is 11.1 Å². The van der Waals surface area contributed by atoms with E-state index in [4.69, 9.17) is 10.5 Å². The molecule has 2 aliphatic rings. The van der Waals surface area contributed by atoms with Crippen LogP contribution in [0.15, 0.2) is 89.1 Å². The number of carbonyl (C=O) groups is 3. The molecule has 0 aliphatic carbocycles. The fourth-order valence-electron chi connectivity index (χ4n) is 4.24. The smallest absolute Gasteiger partial charge is 0.356 e. The fourth-order valence-corrected chi connectivity index (χ4v) is 5.58. The Morgan fingerprint density at radius 3 is 2.41 bits per heavy atom. The largest absolute Gasteiger partial charge is 0.448 e. The Bertz CT molecular complexity index is 1330. The van der Waals surface area contributed by atoms with E-state index < -0.39 is 35.3 Å². The van der Waals surface area contributed by atoms with Crippen LogP contribution >= 0.6 is 11.8 Å². The van der Waals surface area contributed by atoms with Crippen molar-refractivity contribution in [1.29, 1.82) is 0 Å². The summed E-state index contributed by atoms with van der Waals surface area (Å²) in [7, 11) is 0. The molecule has 2 atom stereocenters. The first kappa shape index (κ1) is 24.3. The van der Waals surface area contributed by atoms with Crippen LogP contribution in [-0.2, 0) is 25.5 Å². The van der Waals surface area contributed by atoms with Crippen LogP contribution in [0.5, 0.6) is 0 Å². The molecule has 0 spiro atoms. The predicted molar refractivity (Wildman–Crippen MR) is 135 cm³/mol. The van der Waals surface area contributed by atoms with Crippen LogP contribution in [0, 0.1) is 0 Å². The van der Waals surface area contributed by atoms with Crippen molar-refractivity contribution in [2.45, 2.75) is 23.9 Å². The number of benzene rings is 2. The second-order valence-corrected chi connectivity index (χ2v) is 9.47. The summed E-state index contributed by atoms with van der Waals surface area (Å²) in [5, 5.41) is 5.82. The third-order valence-electron chi connectivity index (χ3n) is 5.99. The summed E-state index contributed by atoms with van der Waals surface area (Å²) in [5.74, 6) is -0.979. The predicted octanol–water partition coefficient (Wildman–Crippen LogP) is 2.37. The summed E-state index contributed by atoms with van der Waals surface area (Å²) in [5.41, 5.74) is 7.71. The molecule has 188 valence electrons. The second kappa shape index (κ2) is 10.3. The monoisotopic (exact) mass is 517 g/mol. The van der Waals surface area contributed by atoms with Crippen molar-refractivity contribution in [2.75, 3.05) is 11.5 Å². The van der Waals surface area contributed by atoms with E-state index in [1.54, 1.807) is 6.08 Å². The number of β-lactam (4-membered cyclic amide) rings is 1. The molecule has 1 saturated heterocycles. The zero-order valence-corrected chi connectivity index (χ0v) is 20.4. The number of esters is 1. The molecule has 1 aromatic heterocycles. The number of nitrogens with one attached hydrogen (secondary N) is 1. The van der Waals surface area contributed by atoms with E-state index in [0.29, 0.717) is 11.3 Å². The quantitative estimate of drug-likeness (QED) is 0.340. The van der Waals surface area contributed by atoms with E-state index in [-0.39, 0.29) is 24.0 Å². The zero-order chi connectivity index (χ0) is 25.9. The third-order valence-corrected chi connectivity index (χ3v) is 7.29. The van der Waals surface area contributed by atoms with Crippen LogP contribution in [0.25, 0.3) is 0 Å². The standard InChI is InChI=1S/C26H23N5O5S/c1-2-15-14-37-24-20(29-19(32)13-18-28-26(27)36-30-18)23(33)31(24)21(15)25(34)35-22(16-9-5-3-6-10-16)17-11-7-4-8-12-17/h2-12,20,22,24H,1,13-14H2,(H,29,32)(H2,27,28,30)/t20?,24-/m1/s1.